The highest BCUT2D eigenvalue weighted by Crippen LogP contribution is 2.51. The van der Waals surface area contributed by atoms with Crippen LogP contribution in [0, 0.1) is 0 Å². The van der Waals surface area contributed by atoms with Crippen molar-refractivity contribution in [1.82, 2.24) is 29.1 Å². The topological polar surface area (TPSA) is 61.4 Å². The molecule has 11 aromatic rings. The first kappa shape index (κ1) is 39.7. The van der Waals surface area contributed by atoms with E-state index in [0.717, 1.165) is 70.5 Å². The van der Waals surface area contributed by atoms with Crippen molar-refractivity contribution in [3.8, 4) is 44.8 Å². The lowest BCUT2D eigenvalue weighted by atomic mass is 9.89. The van der Waals surface area contributed by atoms with Crippen LogP contribution in [0.4, 0.5) is 0 Å². The van der Waals surface area contributed by atoms with Gasteiger partial charge in [-0.15, -0.1) is 0 Å². The van der Waals surface area contributed by atoms with Gasteiger partial charge in [0.15, 0.2) is 0 Å². The maximum Gasteiger partial charge on any atom is 0.0894 e. The van der Waals surface area contributed by atoms with Crippen molar-refractivity contribution >= 4 is 65.7 Å². The standard InChI is InChI=1S/C58H52N6/c1-3-5-7-19-33-63-51-31-29-41(49-37-59-45-25-15-17-27-47(45)61-49)35-43(51)55-54(40-23-13-10-14-24-40)58-56(53(57(55)63)39-21-11-9-12-22-39)44-36-42(30-32-52(44)64(58)34-20-8-6-4-2)50-38-60-46-26-16-18-28-48(46)62-50/h9-18,21-32,35-38H,3-8,19-20,33-34H2,1-2H3. The number of hydrogen-bond acceptors (Lipinski definition) is 4. The number of unbranched alkanes of at least 4 members (excludes halogenated alkanes) is 6. The lowest BCUT2D eigenvalue weighted by Gasteiger charge is -2.18. The minimum atomic E-state index is 0.879. The molecule has 0 aliphatic carbocycles. The van der Waals surface area contributed by atoms with Crippen LogP contribution in [0.5, 0.6) is 0 Å². The zero-order chi connectivity index (χ0) is 43.0. The van der Waals surface area contributed by atoms with Gasteiger partial charge in [0.1, 0.15) is 0 Å². The van der Waals surface area contributed by atoms with E-state index in [-0.39, 0.29) is 0 Å². The molecule has 4 heterocycles. The van der Waals surface area contributed by atoms with Crippen LogP contribution in [0.2, 0.25) is 0 Å². The summed E-state index contributed by atoms with van der Waals surface area (Å²) in [6.45, 7) is 6.43. The lowest BCUT2D eigenvalue weighted by molar-refractivity contribution is 0.602. The Balaban J connectivity index is 1.31. The highest BCUT2D eigenvalue weighted by Gasteiger charge is 2.28. The number of para-hydroxylation sites is 4. The van der Waals surface area contributed by atoms with E-state index >= 15 is 0 Å². The molecule has 0 fully saturated rings. The molecule has 0 N–H and O–H groups in total. The number of nitrogens with zero attached hydrogens (tertiary/aromatic N) is 6. The van der Waals surface area contributed by atoms with Crippen molar-refractivity contribution in [2.24, 2.45) is 0 Å². The Bertz CT molecular complexity index is 3240. The molecule has 7 aromatic carbocycles. The highest BCUT2D eigenvalue weighted by molar-refractivity contribution is 6.32. The number of aryl methyl sites for hydroxylation is 2. The first-order valence-corrected chi connectivity index (χ1v) is 23.3. The maximum absolute atomic E-state index is 5.16. The van der Waals surface area contributed by atoms with Crippen LogP contribution in [0.1, 0.15) is 65.2 Å². The van der Waals surface area contributed by atoms with Crippen molar-refractivity contribution in [2.45, 2.75) is 78.3 Å². The summed E-state index contributed by atoms with van der Waals surface area (Å²) >= 11 is 0. The fourth-order valence-electron chi connectivity index (χ4n) is 10.1. The minimum Gasteiger partial charge on any atom is -0.340 e. The van der Waals surface area contributed by atoms with Gasteiger partial charge in [0, 0.05) is 67.9 Å². The van der Waals surface area contributed by atoms with Crippen LogP contribution < -0.4 is 0 Å². The molecule has 0 saturated carbocycles. The molecule has 0 bridgehead atoms. The molecule has 314 valence electrons. The third-order valence-corrected chi connectivity index (χ3v) is 13.2. The summed E-state index contributed by atoms with van der Waals surface area (Å²) in [7, 11) is 0. The van der Waals surface area contributed by atoms with Gasteiger partial charge in [-0.1, -0.05) is 149 Å². The Morgan fingerprint density at radius 2 is 0.797 bits per heavy atom. The number of rotatable bonds is 14. The van der Waals surface area contributed by atoms with Gasteiger partial charge in [0.25, 0.3) is 0 Å². The molecule has 0 atom stereocenters. The first-order chi connectivity index (χ1) is 31.7. The predicted octanol–water partition coefficient (Wildman–Crippen LogP) is 15.6. The fourth-order valence-corrected chi connectivity index (χ4v) is 10.1. The molecule has 0 aliphatic rings. The molecule has 6 nitrogen and oxygen atoms in total. The Hall–Kier alpha value is -7.18. The summed E-state index contributed by atoms with van der Waals surface area (Å²) in [5.41, 5.74) is 17.6. The second kappa shape index (κ2) is 17.2. The molecule has 64 heavy (non-hydrogen) atoms. The van der Waals surface area contributed by atoms with Gasteiger partial charge in [0.2, 0.25) is 0 Å². The molecule has 0 radical (unpaired) electrons. The average molecular weight is 833 g/mol. The van der Waals surface area contributed by atoms with Crippen LogP contribution in [-0.4, -0.2) is 29.1 Å². The van der Waals surface area contributed by atoms with Gasteiger partial charge in [0.05, 0.1) is 56.9 Å². The zero-order valence-electron chi connectivity index (χ0n) is 36.8. The third kappa shape index (κ3) is 6.98. The summed E-state index contributed by atoms with van der Waals surface area (Å²) in [6, 6.07) is 52.6. The van der Waals surface area contributed by atoms with Gasteiger partial charge in [-0.2, -0.15) is 0 Å². The molecule has 0 spiro atoms. The molecule has 4 aromatic heterocycles. The zero-order valence-corrected chi connectivity index (χ0v) is 36.8. The summed E-state index contributed by atoms with van der Waals surface area (Å²) in [4.78, 5) is 20.1. The summed E-state index contributed by atoms with van der Waals surface area (Å²) < 4.78 is 5.32. The van der Waals surface area contributed by atoms with E-state index in [0.29, 0.717) is 0 Å². The van der Waals surface area contributed by atoms with Crippen molar-refractivity contribution in [1.29, 1.82) is 0 Å². The molecule has 0 amide bonds. The molecule has 0 aliphatic heterocycles. The average Bonchev–Trinajstić information content (AvgIpc) is 3.85. The van der Waals surface area contributed by atoms with E-state index < -0.39 is 0 Å². The van der Waals surface area contributed by atoms with Gasteiger partial charge in [-0.05, 0) is 72.5 Å². The maximum atomic E-state index is 5.16. The molecule has 6 heteroatoms. The van der Waals surface area contributed by atoms with Crippen molar-refractivity contribution in [3.63, 3.8) is 0 Å². The third-order valence-electron chi connectivity index (χ3n) is 13.2. The molecular formula is C58H52N6. The quantitative estimate of drug-likeness (QED) is 0.102. The number of aromatic nitrogens is 6. The normalized spacial score (nSPS) is 11.9. The van der Waals surface area contributed by atoms with Crippen LogP contribution >= 0.6 is 0 Å². The van der Waals surface area contributed by atoms with E-state index in [4.69, 9.17) is 19.9 Å². The highest BCUT2D eigenvalue weighted by atomic mass is 15.0. The van der Waals surface area contributed by atoms with Gasteiger partial charge in [-0.25, -0.2) is 9.97 Å². The Morgan fingerprint density at radius 3 is 1.22 bits per heavy atom. The lowest BCUT2D eigenvalue weighted by Crippen LogP contribution is -2.02. The fraction of sp³-hybridized carbons (Fsp3) is 0.207. The second-order valence-electron chi connectivity index (χ2n) is 17.3. The summed E-state index contributed by atoms with van der Waals surface area (Å²) in [5, 5.41) is 5.06. The van der Waals surface area contributed by atoms with Gasteiger partial charge < -0.3 is 9.13 Å². The Kier molecular flexibility index (Phi) is 10.6. The van der Waals surface area contributed by atoms with E-state index in [1.807, 2.05) is 48.8 Å². The van der Waals surface area contributed by atoms with E-state index in [1.54, 1.807) is 0 Å². The summed E-state index contributed by atoms with van der Waals surface area (Å²) in [6.07, 6.45) is 13.3. The number of fused-ring (bicyclic) bond motifs is 8. The van der Waals surface area contributed by atoms with E-state index in [2.05, 4.69) is 132 Å². The molecule has 11 rings (SSSR count). The van der Waals surface area contributed by atoms with E-state index in [1.165, 1.54) is 104 Å². The number of hydrogen-bond donors (Lipinski definition) is 0. The van der Waals surface area contributed by atoms with Crippen LogP contribution in [0.15, 0.2) is 158 Å². The first-order valence-electron chi connectivity index (χ1n) is 23.3. The van der Waals surface area contributed by atoms with Crippen LogP contribution in [-0.2, 0) is 13.1 Å². The second-order valence-corrected chi connectivity index (χ2v) is 17.3. The predicted molar refractivity (Wildman–Crippen MR) is 269 cm³/mol. The van der Waals surface area contributed by atoms with Crippen molar-refractivity contribution in [3.05, 3.63) is 158 Å². The smallest absolute Gasteiger partial charge is 0.0894 e. The monoisotopic (exact) mass is 832 g/mol. The number of benzene rings is 7. The summed E-state index contributed by atoms with van der Waals surface area (Å²) in [5.74, 6) is 0. The van der Waals surface area contributed by atoms with Gasteiger partial charge >= 0.3 is 0 Å². The Labute approximate surface area is 374 Å². The van der Waals surface area contributed by atoms with Crippen LogP contribution in [0.25, 0.3) is 110 Å². The largest absolute Gasteiger partial charge is 0.340 e. The molecule has 0 saturated heterocycles. The van der Waals surface area contributed by atoms with Gasteiger partial charge in [-0.3, -0.25) is 9.97 Å². The van der Waals surface area contributed by atoms with E-state index in [9.17, 15) is 0 Å². The van der Waals surface area contributed by atoms with Crippen molar-refractivity contribution in [2.75, 3.05) is 0 Å². The molecular weight excluding hydrogens is 781 g/mol. The van der Waals surface area contributed by atoms with Crippen LogP contribution in [0.3, 0.4) is 0 Å². The molecule has 0 unspecified atom stereocenters. The van der Waals surface area contributed by atoms with Crippen molar-refractivity contribution < 1.29 is 0 Å². The minimum absolute atomic E-state index is 0.879. The SMILES string of the molecule is CCCCCCn1c2ccc(-c3cnc4ccccc4n3)cc2c2c(-c3ccccc3)c3c(c(-c4ccccc4)c21)c1cc(-c2cnc4ccccc4n2)ccc1n3CCCCCC. The Morgan fingerprint density at radius 1 is 0.391 bits per heavy atom.